The van der Waals surface area contributed by atoms with Crippen LogP contribution in [0.3, 0.4) is 0 Å². The first-order chi connectivity index (χ1) is 8.08. The van der Waals surface area contributed by atoms with Gasteiger partial charge in [-0.25, -0.2) is 5.10 Å². The second-order valence-corrected chi connectivity index (χ2v) is 4.94. The van der Waals surface area contributed by atoms with Crippen LogP contribution in [-0.4, -0.2) is 28.5 Å². The Balaban J connectivity index is 2.79. The van der Waals surface area contributed by atoms with E-state index in [1.165, 1.54) is 0 Å². The molecule has 1 aromatic heterocycles. The first-order valence-electron chi connectivity index (χ1n) is 5.66. The van der Waals surface area contributed by atoms with Crippen LogP contribution in [0.5, 0.6) is 0 Å². The molecule has 0 saturated heterocycles. The van der Waals surface area contributed by atoms with Crippen LogP contribution in [0.2, 0.25) is 0 Å². The van der Waals surface area contributed by atoms with Gasteiger partial charge >= 0.3 is 0 Å². The largest absolute Gasteiger partial charge is 0.396 e. The van der Waals surface area contributed by atoms with Crippen LogP contribution in [0.4, 0.5) is 5.69 Å². The molecule has 1 heterocycles. The summed E-state index contributed by atoms with van der Waals surface area (Å²) in [4.78, 5) is 11.3. The van der Waals surface area contributed by atoms with Crippen molar-refractivity contribution >= 4 is 21.6 Å². The number of aliphatic hydroxyl groups is 1. The zero-order valence-corrected chi connectivity index (χ0v) is 11.7. The van der Waals surface area contributed by atoms with Gasteiger partial charge in [0.2, 0.25) is 0 Å². The van der Waals surface area contributed by atoms with Crippen LogP contribution in [0.15, 0.2) is 15.5 Å². The van der Waals surface area contributed by atoms with Crippen molar-refractivity contribution in [2.45, 2.75) is 26.7 Å². The molecule has 0 saturated carbocycles. The summed E-state index contributed by atoms with van der Waals surface area (Å²) in [5.41, 5.74) is 0.230. The summed E-state index contributed by atoms with van der Waals surface area (Å²) in [5, 5.41) is 18.7. The lowest BCUT2D eigenvalue weighted by Crippen LogP contribution is -2.32. The quantitative estimate of drug-likeness (QED) is 0.748. The van der Waals surface area contributed by atoms with Crippen LogP contribution in [0.1, 0.15) is 26.7 Å². The van der Waals surface area contributed by atoms with Gasteiger partial charge in [0, 0.05) is 12.0 Å². The van der Waals surface area contributed by atoms with Crippen LogP contribution in [-0.2, 0) is 0 Å². The number of aromatic amines is 1. The lowest BCUT2D eigenvalue weighted by Gasteiger charge is -2.30. The van der Waals surface area contributed by atoms with E-state index in [1.54, 1.807) is 6.20 Å². The zero-order chi connectivity index (χ0) is 12.9. The molecule has 0 radical (unpaired) electrons. The molecule has 1 rings (SSSR count). The fraction of sp³-hybridized carbons (Fsp3) is 0.636. The first kappa shape index (κ1) is 14.2. The van der Waals surface area contributed by atoms with Gasteiger partial charge in [0.05, 0.1) is 18.5 Å². The molecule has 0 aliphatic rings. The summed E-state index contributed by atoms with van der Waals surface area (Å²) in [6, 6.07) is 0. The number of aliphatic hydroxyl groups excluding tert-OH is 1. The summed E-state index contributed by atoms with van der Waals surface area (Å²) in [6.07, 6.45) is 3.31. The maximum Gasteiger partial charge on any atom is 0.280 e. The van der Waals surface area contributed by atoms with Gasteiger partial charge in [-0.15, -0.1) is 0 Å². The molecule has 0 aliphatic carbocycles. The van der Waals surface area contributed by atoms with Crippen molar-refractivity contribution in [2.75, 3.05) is 18.5 Å². The van der Waals surface area contributed by atoms with Crippen molar-refractivity contribution in [3.05, 3.63) is 21.0 Å². The highest BCUT2D eigenvalue weighted by molar-refractivity contribution is 9.10. The van der Waals surface area contributed by atoms with Gasteiger partial charge in [-0.05, 0) is 28.8 Å². The number of anilines is 1. The second-order valence-electron chi connectivity index (χ2n) is 4.15. The van der Waals surface area contributed by atoms with Gasteiger partial charge in [0.25, 0.3) is 5.56 Å². The maximum absolute atomic E-state index is 11.3. The van der Waals surface area contributed by atoms with Crippen molar-refractivity contribution in [1.29, 1.82) is 0 Å². The van der Waals surface area contributed by atoms with E-state index >= 15 is 0 Å². The molecule has 0 atom stereocenters. The summed E-state index contributed by atoms with van der Waals surface area (Å²) < 4.78 is 0.437. The molecule has 0 bridgehead atoms. The molecule has 3 N–H and O–H groups in total. The number of aromatic nitrogens is 2. The normalized spacial score (nSPS) is 11.5. The van der Waals surface area contributed by atoms with Crippen LogP contribution >= 0.6 is 15.9 Å². The van der Waals surface area contributed by atoms with Crippen molar-refractivity contribution in [3.8, 4) is 0 Å². The topological polar surface area (TPSA) is 78.0 Å². The SMILES string of the molecule is CCC(CC)(CO)CNc1cn[nH]c(=O)c1Br. The van der Waals surface area contributed by atoms with Gasteiger partial charge in [-0.3, -0.25) is 4.79 Å². The van der Waals surface area contributed by atoms with E-state index in [0.29, 0.717) is 16.7 Å². The Hall–Kier alpha value is -0.880. The van der Waals surface area contributed by atoms with E-state index in [1.807, 2.05) is 13.8 Å². The number of nitrogens with one attached hydrogen (secondary N) is 2. The monoisotopic (exact) mass is 303 g/mol. The lowest BCUT2D eigenvalue weighted by atomic mass is 9.83. The van der Waals surface area contributed by atoms with Crippen molar-refractivity contribution < 1.29 is 5.11 Å². The molecule has 0 aromatic carbocycles. The lowest BCUT2D eigenvalue weighted by molar-refractivity contribution is 0.127. The number of nitrogens with zero attached hydrogens (tertiary/aromatic N) is 1. The summed E-state index contributed by atoms with van der Waals surface area (Å²) in [7, 11) is 0. The molecule has 0 spiro atoms. The Morgan fingerprint density at radius 3 is 2.71 bits per heavy atom. The Morgan fingerprint density at radius 2 is 2.18 bits per heavy atom. The second kappa shape index (κ2) is 6.16. The minimum absolute atomic E-state index is 0.126. The molecule has 0 aliphatic heterocycles. The molecular weight excluding hydrogens is 286 g/mol. The highest BCUT2D eigenvalue weighted by Crippen LogP contribution is 2.27. The smallest absolute Gasteiger partial charge is 0.280 e. The average molecular weight is 304 g/mol. The third-order valence-corrected chi connectivity index (χ3v) is 4.07. The van der Waals surface area contributed by atoms with E-state index in [-0.39, 0.29) is 17.6 Å². The summed E-state index contributed by atoms with van der Waals surface area (Å²) >= 11 is 3.20. The molecule has 0 amide bonds. The van der Waals surface area contributed by atoms with E-state index < -0.39 is 0 Å². The van der Waals surface area contributed by atoms with E-state index in [9.17, 15) is 9.90 Å². The van der Waals surface area contributed by atoms with Crippen LogP contribution in [0, 0.1) is 5.41 Å². The summed E-state index contributed by atoms with van der Waals surface area (Å²) in [6.45, 7) is 4.83. The van der Waals surface area contributed by atoms with Gasteiger partial charge in [0.1, 0.15) is 4.47 Å². The predicted molar refractivity (Wildman–Crippen MR) is 71.1 cm³/mol. The Morgan fingerprint density at radius 1 is 1.53 bits per heavy atom. The van der Waals surface area contributed by atoms with E-state index in [0.717, 1.165) is 12.8 Å². The molecule has 6 heteroatoms. The number of hydrogen-bond acceptors (Lipinski definition) is 4. The summed E-state index contributed by atoms with van der Waals surface area (Å²) in [5.74, 6) is 0. The molecule has 0 unspecified atom stereocenters. The molecular formula is C11H18BrN3O2. The van der Waals surface area contributed by atoms with Crippen molar-refractivity contribution in [1.82, 2.24) is 10.2 Å². The van der Waals surface area contributed by atoms with Gasteiger partial charge in [-0.1, -0.05) is 13.8 Å². The van der Waals surface area contributed by atoms with Gasteiger partial charge in [-0.2, -0.15) is 5.10 Å². The Bertz CT molecular complexity index is 407. The molecule has 1 aromatic rings. The third kappa shape index (κ3) is 3.29. The van der Waals surface area contributed by atoms with Crippen molar-refractivity contribution in [2.24, 2.45) is 5.41 Å². The third-order valence-electron chi connectivity index (χ3n) is 3.28. The number of H-pyrrole nitrogens is 1. The maximum atomic E-state index is 11.3. The highest BCUT2D eigenvalue weighted by atomic mass is 79.9. The van der Waals surface area contributed by atoms with Gasteiger partial charge < -0.3 is 10.4 Å². The van der Waals surface area contributed by atoms with E-state index in [2.05, 4.69) is 31.4 Å². The standard InChI is InChI=1S/C11H18BrN3O2/c1-3-11(4-2,7-16)6-13-8-5-14-15-10(17)9(8)12/h5,16H,3-4,6-7H2,1-2H3,(H2,13,15,17). The molecule has 17 heavy (non-hydrogen) atoms. The number of halogens is 1. The fourth-order valence-corrected chi connectivity index (χ4v) is 1.90. The highest BCUT2D eigenvalue weighted by Gasteiger charge is 2.25. The van der Waals surface area contributed by atoms with E-state index in [4.69, 9.17) is 0 Å². The number of hydrogen-bond donors (Lipinski definition) is 3. The van der Waals surface area contributed by atoms with Gasteiger partial charge in [0.15, 0.2) is 0 Å². The van der Waals surface area contributed by atoms with Crippen molar-refractivity contribution in [3.63, 3.8) is 0 Å². The Labute approximate surface area is 109 Å². The predicted octanol–water partition coefficient (Wildman–Crippen LogP) is 1.74. The Kier molecular flexibility index (Phi) is 5.14. The minimum atomic E-state index is -0.266. The average Bonchev–Trinajstić information content (AvgIpc) is 2.36. The minimum Gasteiger partial charge on any atom is -0.396 e. The molecule has 5 nitrogen and oxygen atoms in total. The molecule has 0 fully saturated rings. The fourth-order valence-electron chi connectivity index (χ4n) is 1.57. The van der Waals surface area contributed by atoms with Crippen LogP contribution in [0.25, 0.3) is 0 Å². The zero-order valence-electron chi connectivity index (χ0n) is 10.1. The first-order valence-corrected chi connectivity index (χ1v) is 6.45. The van der Waals surface area contributed by atoms with Crippen LogP contribution < -0.4 is 10.9 Å². The molecule has 96 valence electrons. The number of rotatable bonds is 6.